The molecule has 0 aliphatic carbocycles. The Bertz CT molecular complexity index is 768. The van der Waals surface area contributed by atoms with Crippen molar-refractivity contribution in [3.63, 3.8) is 0 Å². The van der Waals surface area contributed by atoms with Gasteiger partial charge in [0.05, 0.1) is 6.10 Å². The van der Waals surface area contributed by atoms with Crippen LogP contribution in [-0.2, 0) is 0 Å². The number of nitrogens with zero attached hydrogens (tertiary/aromatic N) is 4. The quantitative estimate of drug-likeness (QED) is 0.385. The standard InChI is InChI=1S/C17H28N8O.ClH/c1-6-18-14-13-12(22-16(24-14)20-8-10(3)4)15(19-7-2)25-17(23-13)21-9-11(5)26;/h11,26H,3,6-9H2,1-2,4-5H3,(H2,18,20,22,24)(H2,19,21,23,25);1H/t11-;/m1./s1. The van der Waals surface area contributed by atoms with Crippen LogP contribution in [0.5, 0.6) is 0 Å². The van der Waals surface area contributed by atoms with Gasteiger partial charge in [0, 0.05) is 26.2 Å². The normalized spacial score (nSPS) is 11.4. The van der Waals surface area contributed by atoms with E-state index >= 15 is 0 Å². The van der Waals surface area contributed by atoms with Crippen LogP contribution in [0.3, 0.4) is 0 Å². The van der Waals surface area contributed by atoms with E-state index in [9.17, 15) is 5.11 Å². The zero-order valence-corrected chi connectivity index (χ0v) is 17.1. The molecule has 27 heavy (non-hydrogen) atoms. The first-order valence-corrected chi connectivity index (χ1v) is 8.82. The van der Waals surface area contributed by atoms with Crippen LogP contribution in [-0.4, -0.2) is 57.3 Å². The summed E-state index contributed by atoms with van der Waals surface area (Å²) in [5.74, 6) is 2.15. The summed E-state index contributed by atoms with van der Waals surface area (Å²) in [6, 6.07) is 0. The first-order chi connectivity index (χ1) is 12.4. The van der Waals surface area contributed by atoms with Gasteiger partial charge in [-0.25, -0.2) is 9.97 Å². The topological polar surface area (TPSA) is 120 Å². The number of aliphatic hydroxyl groups is 1. The Hall–Kier alpha value is -2.39. The fourth-order valence-corrected chi connectivity index (χ4v) is 2.22. The lowest BCUT2D eigenvalue weighted by Gasteiger charge is -2.15. The first kappa shape index (κ1) is 22.7. The molecule has 0 aromatic carbocycles. The van der Waals surface area contributed by atoms with E-state index in [2.05, 4.69) is 47.8 Å². The minimum atomic E-state index is -0.505. The van der Waals surface area contributed by atoms with Crippen molar-refractivity contribution in [3.05, 3.63) is 12.2 Å². The number of nitrogens with one attached hydrogen (secondary N) is 4. The van der Waals surface area contributed by atoms with E-state index in [0.29, 0.717) is 60.7 Å². The molecule has 10 heteroatoms. The van der Waals surface area contributed by atoms with Crippen LogP contribution in [0, 0.1) is 0 Å². The van der Waals surface area contributed by atoms with Crippen LogP contribution in [0.15, 0.2) is 12.2 Å². The number of anilines is 4. The van der Waals surface area contributed by atoms with E-state index in [4.69, 9.17) is 0 Å². The number of aromatic nitrogens is 4. The minimum Gasteiger partial charge on any atom is -0.392 e. The highest BCUT2D eigenvalue weighted by Crippen LogP contribution is 2.26. The highest BCUT2D eigenvalue weighted by molar-refractivity contribution is 5.94. The summed E-state index contributed by atoms with van der Waals surface area (Å²) in [4.78, 5) is 18.1. The van der Waals surface area contributed by atoms with E-state index in [1.54, 1.807) is 6.92 Å². The molecule has 2 rings (SSSR count). The molecule has 0 amide bonds. The molecule has 9 nitrogen and oxygen atoms in total. The molecule has 0 unspecified atom stereocenters. The average molecular weight is 397 g/mol. The van der Waals surface area contributed by atoms with Gasteiger partial charge in [0.15, 0.2) is 11.6 Å². The lowest BCUT2D eigenvalue weighted by molar-refractivity contribution is 0.208. The van der Waals surface area contributed by atoms with E-state index < -0.39 is 6.10 Å². The third-order valence-electron chi connectivity index (χ3n) is 3.34. The maximum Gasteiger partial charge on any atom is 0.225 e. The van der Waals surface area contributed by atoms with Gasteiger partial charge in [0.1, 0.15) is 11.0 Å². The molecule has 1 atom stereocenters. The molecule has 0 radical (unpaired) electrons. The summed E-state index contributed by atoms with van der Waals surface area (Å²) in [6.07, 6.45) is -0.505. The number of fused-ring (bicyclic) bond motifs is 1. The van der Waals surface area contributed by atoms with Gasteiger partial charge in [-0.1, -0.05) is 12.2 Å². The SMILES string of the molecule is C=C(C)CNc1nc(NCC)c2nc(NC[C@@H](C)O)nc(NCC)c2n1.Cl. The van der Waals surface area contributed by atoms with Crippen molar-refractivity contribution in [1.29, 1.82) is 0 Å². The third-order valence-corrected chi connectivity index (χ3v) is 3.34. The fourth-order valence-electron chi connectivity index (χ4n) is 2.22. The zero-order chi connectivity index (χ0) is 19.1. The molecule has 0 spiro atoms. The van der Waals surface area contributed by atoms with Crippen LogP contribution in [0.4, 0.5) is 23.5 Å². The van der Waals surface area contributed by atoms with E-state index in [0.717, 1.165) is 5.57 Å². The molecule has 2 aromatic heterocycles. The molecule has 2 heterocycles. The summed E-state index contributed by atoms with van der Waals surface area (Å²) in [6.45, 7) is 13.8. The van der Waals surface area contributed by atoms with Crippen molar-refractivity contribution in [1.82, 2.24) is 19.9 Å². The summed E-state index contributed by atoms with van der Waals surface area (Å²) in [7, 11) is 0. The molecule has 0 bridgehead atoms. The van der Waals surface area contributed by atoms with Gasteiger partial charge in [-0.2, -0.15) is 9.97 Å². The minimum absolute atomic E-state index is 0. The van der Waals surface area contributed by atoms with Crippen LogP contribution in [0.25, 0.3) is 11.0 Å². The van der Waals surface area contributed by atoms with Gasteiger partial charge in [-0.05, 0) is 27.7 Å². The second-order valence-corrected chi connectivity index (χ2v) is 6.09. The molecule has 0 saturated carbocycles. The van der Waals surface area contributed by atoms with Crippen molar-refractivity contribution in [2.45, 2.75) is 33.8 Å². The predicted molar refractivity (Wildman–Crippen MR) is 114 cm³/mol. The summed E-state index contributed by atoms with van der Waals surface area (Å²) < 4.78 is 0. The highest BCUT2D eigenvalue weighted by atomic mass is 35.5. The Kier molecular flexibility index (Phi) is 8.96. The van der Waals surface area contributed by atoms with E-state index in [1.807, 2.05) is 20.8 Å². The van der Waals surface area contributed by atoms with Crippen LogP contribution in [0.1, 0.15) is 27.7 Å². The zero-order valence-electron chi connectivity index (χ0n) is 16.3. The van der Waals surface area contributed by atoms with Crippen molar-refractivity contribution in [2.24, 2.45) is 0 Å². The van der Waals surface area contributed by atoms with Crippen molar-refractivity contribution in [3.8, 4) is 0 Å². The summed E-state index contributed by atoms with van der Waals surface area (Å²) >= 11 is 0. The van der Waals surface area contributed by atoms with Crippen molar-refractivity contribution in [2.75, 3.05) is 47.4 Å². The monoisotopic (exact) mass is 396 g/mol. The van der Waals surface area contributed by atoms with Gasteiger partial charge < -0.3 is 26.4 Å². The summed E-state index contributed by atoms with van der Waals surface area (Å²) in [5, 5.41) is 22.1. The Morgan fingerprint density at radius 1 is 0.926 bits per heavy atom. The second kappa shape index (κ2) is 10.7. The number of hydrogen-bond donors (Lipinski definition) is 5. The molecular weight excluding hydrogens is 368 g/mol. The van der Waals surface area contributed by atoms with Crippen LogP contribution < -0.4 is 21.3 Å². The first-order valence-electron chi connectivity index (χ1n) is 8.82. The lowest BCUT2D eigenvalue weighted by Crippen LogP contribution is -2.18. The maximum atomic E-state index is 9.49. The second-order valence-electron chi connectivity index (χ2n) is 6.09. The van der Waals surface area contributed by atoms with E-state index in [-0.39, 0.29) is 12.4 Å². The van der Waals surface area contributed by atoms with Gasteiger partial charge in [-0.15, -0.1) is 12.4 Å². The van der Waals surface area contributed by atoms with E-state index in [1.165, 1.54) is 0 Å². The van der Waals surface area contributed by atoms with Gasteiger partial charge in [0.25, 0.3) is 0 Å². The lowest BCUT2D eigenvalue weighted by atomic mass is 10.3. The smallest absolute Gasteiger partial charge is 0.225 e. The number of rotatable bonds is 10. The van der Waals surface area contributed by atoms with Gasteiger partial charge in [0.2, 0.25) is 11.9 Å². The number of hydrogen-bond acceptors (Lipinski definition) is 9. The van der Waals surface area contributed by atoms with Crippen LogP contribution >= 0.6 is 12.4 Å². The largest absolute Gasteiger partial charge is 0.392 e. The Morgan fingerprint density at radius 3 is 1.81 bits per heavy atom. The Morgan fingerprint density at radius 2 is 1.41 bits per heavy atom. The molecule has 0 fully saturated rings. The molecule has 0 saturated heterocycles. The number of aliphatic hydroxyl groups excluding tert-OH is 1. The molecular formula is C17H29ClN8O. The van der Waals surface area contributed by atoms with Gasteiger partial charge in [-0.3, -0.25) is 0 Å². The predicted octanol–water partition coefficient (Wildman–Crippen LogP) is 2.49. The highest BCUT2D eigenvalue weighted by Gasteiger charge is 2.15. The average Bonchev–Trinajstić information content (AvgIpc) is 2.59. The molecule has 0 aliphatic heterocycles. The molecule has 0 aliphatic rings. The molecule has 5 N–H and O–H groups in total. The Labute approximate surface area is 165 Å². The van der Waals surface area contributed by atoms with Crippen LogP contribution in [0.2, 0.25) is 0 Å². The van der Waals surface area contributed by atoms with Crippen molar-refractivity contribution < 1.29 is 5.11 Å². The fraction of sp³-hybridized carbons (Fsp3) is 0.529. The van der Waals surface area contributed by atoms with Crippen molar-refractivity contribution >= 4 is 47.0 Å². The molecule has 2 aromatic rings. The molecule has 150 valence electrons. The third kappa shape index (κ3) is 6.37. The maximum absolute atomic E-state index is 9.49. The summed E-state index contributed by atoms with van der Waals surface area (Å²) in [5.41, 5.74) is 2.23. The number of halogens is 1. The van der Waals surface area contributed by atoms with Gasteiger partial charge >= 0.3 is 0 Å². The Balaban J connectivity index is 0.00000364.